The molecule has 594 valence electrons. The van der Waals surface area contributed by atoms with Crippen molar-refractivity contribution in [3.63, 3.8) is 0 Å². The van der Waals surface area contributed by atoms with Gasteiger partial charge in [-0.1, -0.05) is 381 Å². The molecule has 0 aliphatic carbocycles. The van der Waals surface area contributed by atoms with Crippen molar-refractivity contribution in [2.75, 3.05) is 39.6 Å². The number of hydrogen-bond donors (Lipinski definition) is 3. The van der Waals surface area contributed by atoms with Crippen LogP contribution in [0.4, 0.5) is 0 Å². The Morgan fingerprint density at radius 1 is 0.280 bits per heavy atom. The molecule has 0 heterocycles. The van der Waals surface area contributed by atoms with Crippen molar-refractivity contribution in [2.45, 2.75) is 451 Å². The van der Waals surface area contributed by atoms with E-state index in [2.05, 4.69) is 34.6 Å². The van der Waals surface area contributed by atoms with E-state index in [1.165, 1.54) is 244 Å². The molecule has 100 heavy (non-hydrogen) atoms. The van der Waals surface area contributed by atoms with Crippen molar-refractivity contribution < 1.29 is 80.2 Å². The minimum atomic E-state index is -4.96. The van der Waals surface area contributed by atoms with Crippen molar-refractivity contribution in [2.24, 2.45) is 5.92 Å². The smallest absolute Gasteiger partial charge is 0.462 e. The van der Waals surface area contributed by atoms with Gasteiger partial charge in [0.1, 0.15) is 19.3 Å². The Labute approximate surface area is 613 Å². The molecule has 19 heteroatoms. The number of phosphoric ester groups is 2. The maximum Gasteiger partial charge on any atom is 0.472 e. The predicted octanol–water partition coefficient (Wildman–Crippen LogP) is 24.4. The summed E-state index contributed by atoms with van der Waals surface area (Å²) in [4.78, 5) is 72.7. The molecule has 0 aromatic carbocycles. The molecule has 3 N–H and O–H groups in total. The predicted molar refractivity (Wildman–Crippen MR) is 409 cm³/mol. The molecular weight excluding hydrogens is 1310 g/mol. The number of carbonyl (C=O) groups is 4. The van der Waals surface area contributed by atoms with E-state index in [1.807, 2.05) is 0 Å². The summed E-state index contributed by atoms with van der Waals surface area (Å²) in [5, 5.41) is 10.6. The van der Waals surface area contributed by atoms with Gasteiger partial charge in [-0.2, -0.15) is 0 Å². The summed E-state index contributed by atoms with van der Waals surface area (Å²) in [6.07, 6.45) is 65.7. The van der Waals surface area contributed by atoms with Gasteiger partial charge in [-0.25, -0.2) is 9.13 Å². The summed E-state index contributed by atoms with van der Waals surface area (Å²) in [6.45, 7) is 7.32. The lowest BCUT2D eigenvalue weighted by Crippen LogP contribution is -2.30. The Bertz CT molecular complexity index is 1910. The number of esters is 4. The van der Waals surface area contributed by atoms with Gasteiger partial charge >= 0.3 is 39.5 Å². The van der Waals surface area contributed by atoms with Crippen LogP contribution < -0.4 is 0 Å². The standard InChI is InChI=1S/C81H158O17P2/c1-6-10-13-16-19-22-23-24-25-26-27-28-29-30-34-37-40-43-46-51-55-60-65-79(84)92-71-77(98-81(86)67-62-57-52-47-44-41-38-35-32-31-33-36-39-42-45-48-53-58-63-74(5)9-4)73-96-100(89,90)94-69-75(82)68-93-99(87,88)95-72-76(97-80(85)66-61-56-50-21-18-15-12-8-3)70-91-78(83)64-59-54-49-20-17-14-11-7-2/h74-77,82H,6-73H2,1-5H3,(H,87,88)(H,89,90)/t74?,75-,76+,77+/m0/s1. The summed E-state index contributed by atoms with van der Waals surface area (Å²) < 4.78 is 68.5. The van der Waals surface area contributed by atoms with E-state index in [0.717, 1.165) is 109 Å². The normalized spacial score (nSPS) is 14.1. The maximum atomic E-state index is 13.1. The molecule has 6 atom stereocenters. The highest BCUT2D eigenvalue weighted by Gasteiger charge is 2.30. The number of rotatable bonds is 81. The molecule has 0 saturated heterocycles. The van der Waals surface area contributed by atoms with Crippen LogP contribution in [0.1, 0.15) is 433 Å². The maximum absolute atomic E-state index is 13.1. The van der Waals surface area contributed by atoms with E-state index in [-0.39, 0.29) is 25.7 Å². The minimum absolute atomic E-state index is 0.105. The van der Waals surface area contributed by atoms with Gasteiger partial charge in [0.25, 0.3) is 0 Å². The van der Waals surface area contributed by atoms with E-state index < -0.39 is 97.5 Å². The lowest BCUT2D eigenvalue weighted by atomic mass is 9.99. The number of ether oxygens (including phenoxy) is 4. The largest absolute Gasteiger partial charge is 0.472 e. The van der Waals surface area contributed by atoms with Crippen LogP contribution in [-0.4, -0.2) is 96.7 Å². The highest BCUT2D eigenvalue weighted by molar-refractivity contribution is 7.47. The third-order valence-corrected chi connectivity index (χ3v) is 21.3. The topological polar surface area (TPSA) is 237 Å². The molecule has 0 radical (unpaired) electrons. The van der Waals surface area contributed by atoms with Gasteiger partial charge in [0, 0.05) is 25.7 Å². The zero-order valence-electron chi connectivity index (χ0n) is 65.3. The van der Waals surface area contributed by atoms with Gasteiger partial charge in [0.15, 0.2) is 12.2 Å². The summed E-state index contributed by atoms with van der Waals surface area (Å²) in [7, 11) is -9.91. The van der Waals surface area contributed by atoms with Crippen molar-refractivity contribution in [1.29, 1.82) is 0 Å². The van der Waals surface area contributed by atoms with Crippen LogP contribution in [0.2, 0.25) is 0 Å². The quantitative estimate of drug-likeness (QED) is 0.0222. The molecule has 0 aliphatic heterocycles. The van der Waals surface area contributed by atoms with Gasteiger partial charge < -0.3 is 33.8 Å². The van der Waals surface area contributed by atoms with Gasteiger partial charge in [0.05, 0.1) is 26.4 Å². The molecule has 0 bridgehead atoms. The lowest BCUT2D eigenvalue weighted by Gasteiger charge is -2.21. The highest BCUT2D eigenvalue weighted by atomic mass is 31.2. The van der Waals surface area contributed by atoms with Crippen LogP contribution in [0.5, 0.6) is 0 Å². The summed E-state index contributed by atoms with van der Waals surface area (Å²) in [6, 6.07) is 0. The minimum Gasteiger partial charge on any atom is -0.462 e. The summed E-state index contributed by atoms with van der Waals surface area (Å²) >= 11 is 0. The average molecular weight is 1470 g/mol. The molecule has 3 unspecified atom stereocenters. The molecule has 0 aromatic heterocycles. The van der Waals surface area contributed by atoms with E-state index >= 15 is 0 Å². The summed E-state index contributed by atoms with van der Waals surface area (Å²) in [5.74, 6) is -1.24. The van der Waals surface area contributed by atoms with E-state index in [4.69, 9.17) is 37.0 Å². The van der Waals surface area contributed by atoms with Gasteiger partial charge in [-0.15, -0.1) is 0 Å². The lowest BCUT2D eigenvalue weighted by molar-refractivity contribution is -0.161. The average Bonchev–Trinajstić information content (AvgIpc) is 0.931. The van der Waals surface area contributed by atoms with E-state index in [1.54, 1.807) is 0 Å². The van der Waals surface area contributed by atoms with Crippen LogP contribution in [0, 0.1) is 5.92 Å². The van der Waals surface area contributed by atoms with E-state index in [9.17, 15) is 43.2 Å². The number of unbranched alkanes of at least 4 members (excludes halogenated alkanes) is 52. The second-order valence-electron chi connectivity index (χ2n) is 29.4. The van der Waals surface area contributed by atoms with Gasteiger partial charge in [0.2, 0.25) is 0 Å². The molecule has 0 aromatic rings. The van der Waals surface area contributed by atoms with Crippen LogP contribution >= 0.6 is 15.6 Å². The Morgan fingerprint density at radius 3 is 0.710 bits per heavy atom. The zero-order valence-corrected chi connectivity index (χ0v) is 67.1. The van der Waals surface area contributed by atoms with Crippen molar-refractivity contribution in [3.8, 4) is 0 Å². The van der Waals surface area contributed by atoms with Gasteiger partial charge in [-0.05, 0) is 31.6 Å². The Balaban J connectivity index is 5.10. The molecule has 0 spiro atoms. The number of carbonyl (C=O) groups excluding carboxylic acids is 4. The van der Waals surface area contributed by atoms with E-state index in [0.29, 0.717) is 25.7 Å². The monoisotopic (exact) mass is 1470 g/mol. The third-order valence-electron chi connectivity index (χ3n) is 19.4. The molecule has 0 fully saturated rings. The molecule has 0 saturated carbocycles. The number of aliphatic hydroxyl groups is 1. The fraction of sp³-hybridized carbons (Fsp3) is 0.951. The van der Waals surface area contributed by atoms with Crippen LogP contribution in [0.15, 0.2) is 0 Å². The van der Waals surface area contributed by atoms with Crippen LogP contribution in [0.3, 0.4) is 0 Å². The van der Waals surface area contributed by atoms with Crippen molar-refractivity contribution >= 4 is 39.5 Å². The fourth-order valence-electron chi connectivity index (χ4n) is 12.6. The second kappa shape index (κ2) is 73.9. The second-order valence-corrected chi connectivity index (χ2v) is 32.3. The SMILES string of the molecule is CCCCCCCCCCCCCCCCCCCCCCCCC(=O)OC[C@H](COP(=O)(O)OC[C@@H](O)COP(=O)(O)OC[C@@H](COC(=O)CCCCCCCCCC)OC(=O)CCCCCCCCCC)OC(=O)CCCCCCCCCCCCCCCCCCCCC(C)CC. The van der Waals surface area contributed by atoms with Crippen LogP contribution in [0.25, 0.3) is 0 Å². The Kier molecular flexibility index (Phi) is 72.5. The first kappa shape index (κ1) is 98.1. The molecule has 17 nitrogen and oxygen atoms in total. The number of phosphoric acid groups is 2. The van der Waals surface area contributed by atoms with Crippen molar-refractivity contribution in [1.82, 2.24) is 0 Å². The third kappa shape index (κ3) is 73.0. The molecule has 0 aliphatic rings. The zero-order chi connectivity index (χ0) is 73.4. The first-order valence-electron chi connectivity index (χ1n) is 42.2. The van der Waals surface area contributed by atoms with Crippen LogP contribution in [-0.2, 0) is 65.4 Å². The number of hydrogen-bond acceptors (Lipinski definition) is 15. The molecule has 0 rings (SSSR count). The first-order valence-corrected chi connectivity index (χ1v) is 45.2. The van der Waals surface area contributed by atoms with Crippen molar-refractivity contribution in [3.05, 3.63) is 0 Å². The summed E-state index contributed by atoms with van der Waals surface area (Å²) in [5.41, 5.74) is 0. The Hall–Kier alpha value is -1.94. The first-order chi connectivity index (χ1) is 48.6. The Morgan fingerprint density at radius 2 is 0.480 bits per heavy atom. The highest BCUT2D eigenvalue weighted by Crippen LogP contribution is 2.45. The van der Waals surface area contributed by atoms with Gasteiger partial charge in [-0.3, -0.25) is 37.3 Å². The fourth-order valence-corrected chi connectivity index (χ4v) is 14.1. The molecular formula is C81H158O17P2. The molecule has 0 amide bonds. The number of aliphatic hydroxyl groups excluding tert-OH is 1.